The summed E-state index contributed by atoms with van der Waals surface area (Å²) in [6.45, 7) is 12.8. The minimum absolute atomic E-state index is 0.0606. The SMILES string of the molecule is C=CCN1CCN(c2cc(OC)c(Nc3cc(N4OCC[C@@H]4c4cccc(OCc5ccccc5)c4)ncn3)cc2NC(=O)C=C)CC1. The van der Waals surface area contributed by atoms with Gasteiger partial charge in [0.1, 0.15) is 30.3 Å². The van der Waals surface area contributed by atoms with E-state index in [4.69, 9.17) is 14.3 Å². The number of carbonyl (C=O) groups is 1. The van der Waals surface area contributed by atoms with Crippen molar-refractivity contribution < 1.29 is 19.1 Å². The number of ether oxygens (including phenoxy) is 2. The highest BCUT2D eigenvalue weighted by atomic mass is 16.7. The molecule has 2 fully saturated rings. The average Bonchev–Trinajstić information content (AvgIpc) is 3.63. The second kappa shape index (κ2) is 15.5. The number of hydroxylamine groups is 1. The van der Waals surface area contributed by atoms with Crippen molar-refractivity contribution in [3.05, 3.63) is 116 Å². The van der Waals surface area contributed by atoms with Gasteiger partial charge in [0.25, 0.3) is 0 Å². The van der Waals surface area contributed by atoms with Crippen LogP contribution in [-0.2, 0) is 16.2 Å². The third-order valence-corrected chi connectivity index (χ3v) is 8.40. The van der Waals surface area contributed by atoms with E-state index in [-0.39, 0.29) is 11.9 Å². The lowest BCUT2D eigenvalue weighted by molar-refractivity contribution is -0.111. The Kier molecular flexibility index (Phi) is 10.5. The standard InChI is InChI=1S/C37H41N7O4/c1-4-15-42-16-18-43(19-17-42)33-23-34(46-3)31(22-30(33)41-37(45)5-2)40-35-24-36(39-26-38-35)44-32(14-20-48-44)28-12-9-13-29(21-28)47-25-27-10-7-6-8-11-27/h4-13,21-24,26,32H,1-2,14-20,25H2,3H3,(H,41,45)(H,38,39,40)/t32-/m1/s1. The lowest BCUT2D eigenvalue weighted by atomic mass is 10.0. The van der Waals surface area contributed by atoms with Gasteiger partial charge in [0.05, 0.1) is 36.8 Å². The van der Waals surface area contributed by atoms with Crippen molar-refractivity contribution in [2.24, 2.45) is 0 Å². The molecule has 0 saturated carbocycles. The van der Waals surface area contributed by atoms with Gasteiger partial charge in [0, 0.05) is 51.3 Å². The molecule has 2 aliphatic heterocycles. The molecule has 2 aliphatic rings. The van der Waals surface area contributed by atoms with E-state index in [1.54, 1.807) is 7.11 Å². The molecular weight excluding hydrogens is 606 g/mol. The summed E-state index contributed by atoms with van der Waals surface area (Å²) in [6.07, 6.45) is 5.47. The largest absolute Gasteiger partial charge is 0.494 e. The van der Waals surface area contributed by atoms with Gasteiger partial charge in [-0.3, -0.25) is 14.5 Å². The summed E-state index contributed by atoms with van der Waals surface area (Å²) in [7, 11) is 1.63. The predicted molar refractivity (Wildman–Crippen MR) is 189 cm³/mol. The van der Waals surface area contributed by atoms with E-state index in [1.165, 1.54) is 12.4 Å². The smallest absolute Gasteiger partial charge is 0.247 e. The third-order valence-electron chi connectivity index (χ3n) is 8.40. The predicted octanol–water partition coefficient (Wildman–Crippen LogP) is 6.12. The number of anilines is 5. The highest BCUT2D eigenvalue weighted by Gasteiger charge is 2.30. The second-order valence-electron chi connectivity index (χ2n) is 11.5. The normalized spacial score (nSPS) is 16.3. The fourth-order valence-corrected chi connectivity index (χ4v) is 5.96. The van der Waals surface area contributed by atoms with Crippen molar-refractivity contribution >= 4 is 34.6 Å². The summed E-state index contributed by atoms with van der Waals surface area (Å²) in [5.41, 5.74) is 4.33. The Morgan fingerprint density at radius 3 is 2.60 bits per heavy atom. The first-order valence-corrected chi connectivity index (χ1v) is 16.1. The van der Waals surface area contributed by atoms with Crippen LogP contribution in [0, 0.1) is 0 Å². The van der Waals surface area contributed by atoms with Crippen LogP contribution in [0.2, 0.25) is 0 Å². The molecule has 1 atom stereocenters. The molecular formula is C37H41N7O4. The van der Waals surface area contributed by atoms with Gasteiger partial charge in [-0.25, -0.2) is 15.0 Å². The molecule has 0 radical (unpaired) electrons. The first kappa shape index (κ1) is 32.5. The van der Waals surface area contributed by atoms with Gasteiger partial charge < -0.3 is 25.0 Å². The van der Waals surface area contributed by atoms with Crippen LogP contribution in [0.1, 0.15) is 23.6 Å². The number of benzene rings is 3. The zero-order valence-corrected chi connectivity index (χ0v) is 27.2. The van der Waals surface area contributed by atoms with E-state index < -0.39 is 0 Å². The molecule has 248 valence electrons. The van der Waals surface area contributed by atoms with Crippen LogP contribution in [0.5, 0.6) is 11.5 Å². The monoisotopic (exact) mass is 647 g/mol. The average molecular weight is 648 g/mol. The van der Waals surface area contributed by atoms with Crippen LogP contribution in [0.3, 0.4) is 0 Å². The van der Waals surface area contributed by atoms with Crippen LogP contribution in [0.15, 0.2) is 104 Å². The number of hydrogen-bond donors (Lipinski definition) is 2. The quantitative estimate of drug-likeness (QED) is 0.130. The highest BCUT2D eigenvalue weighted by Crippen LogP contribution is 2.40. The van der Waals surface area contributed by atoms with Crippen molar-refractivity contribution in [2.45, 2.75) is 19.1 Å². The molecule has 0 unspecified atom stereocenters. The molecule has 0 aliphatic carbocycles. The molecule has 2 N–H and O–H groups in total. The number of carbonyl (C=O) groups excluding carboxylic acids is 1. The van der Waals surface area contributed by atoms with Gasteiger partial charge in [0.2, 0.25) is 5.91 Å². The van der Waals surface area contributed by atoms with Crippen LogP contribution < -0.4 is 30.1 Å². The summed E-state index contributed by atoms with van der Waals surface area (Å²) in [5, 5.41) is 8.18. The molecule has 11 nitrogen and oxygen atoms in total. The minimum atomic E-state index is -0.297. The number of methoxy groups -OCH3 is 1. The fraction of sp³-hybridized carbons (Fsp3) is 0.270. The number of nitrogens with zero attached hydrogens (tertiary/aromatic N) is 5. The van der Waals surface area contributed by atoms with Crippen LogP contribution in [0.25, 0.3) is 0 Å². The van der Waals surface area contributed by atoms with Gasteiger partial charge in [-0.2, -0.15) is 0 Å². The van der Waals surface area contributed by atoms with Crippen molar-refractivity contribution in [2.75, 3.05) is 67.0 Å². The lowest BCUT2D eigenvalue weighted by Crippen LogP contribution is -2.46. The topological polar surface area (TPSA) is 104 Å². The molecule has 2 saturated heterocycles. The molecule has 1 aromatic heterocycles. The molecule has 1 amide bonds. The van der Waals surface area contributed by atoms with E-state index in [1.807, 2.05) is 71.8 Å². The van der Waals surface area contributed by atoms with E-state index in [2.05, 4.69) is 55.7 Å². The number of rotatable bonds is 13. The Hall–Kier alpha value is -5.39. The Morgan fingerprint density at radius 2 is 1.83 bits per heavy atom. The van der Waals surface area contributed by atoms with Gasteiger partial charge in [-0.15, -0.1) is 6.58 Å². The maximum atomic E-state index is 12.5. The second-order valence-corrected chi connectivity index (χ2v) is 11.5. The van der Waals surface area contributed by atoms with Gasteiger partial charge >= 0.3 is 0 Å². The van der Waals surface area contributed by atoms with Crippen LogP contribution >= 0.6 is 0 Å². The van der Waals surface area contributed by atoms with Crippen LogP contribution in [-0.4, -0.2) is 67.2 Å². The van der Waals surface area contributed by atoms with Crippen molar-refractivity contribution in [3.8, 4) is 11.5 Å². The molecule has 11 heteroatoms. The maximum absolute atomic E-state index is 12.5. The van der Waals surface area contributed by atoms with Crippen LogP contribution in [0.4, 0.5) is 28.7 Å². The number of piperazine rings is 1. The van der Waals surface area contributed by atoms with Crippen molar-refractivity contribution in [1.29, 1.82) is 0 Å². The zero-order chi connectivity index (χ0) is 33.3. The Balaban J connectivity index is 1.21. The van der Waals surface area contributed by atoms with Gasteiger partial charge in [-0.05, 0) is 35.4 Å². The summed E-state index contributed by atoms with van der Waals surface area (Å²) in [4.78, 5) is 32.2. The summed E-state index contributed by atoms with van der Waals surface area (Å²) < 4.78 is 11.9. The molecule has 3 aromatic carbocycles. The Morgan fingerprint density at radius 1 is 1.00 bits per heavy atom. The number of nitrogens with one attached hydrogen (secondary N) is 2. The third kappa shape index (κ3) is 7.76. The summed E-state index contributed by atoms with van der Waals surface area (Å²) in [5.74, 6) is 2.26. The molecule has 48 heavy (non-hydrogen) atoms. The highest BCUT2D eigenvalue weighted by molar-refractivity contribution is 6.02. The zero-order valence-electron chi connectivity index (χ0n) is 27.2. The molecule has 0 spiro atoms. The number of aromatic nitrogens is 2. The maximum Gasteiger partial charge on any atom is 0.247 e. The molecule has 4 aromatic rings. The van der Waals surface area contributed by atoms with Crippen molar-refractivity contribution in [1.82, 2.24) is 14.9 Å². The van der Waals surface area contributed by atoms with E-state index in [0.717, 1.165) is 61.7 Å². The minimum Gasteiger partial charge on any atom is -0.494 e. The first-order chi connectivity index (χ1) is 23.5. The summed E-state index contributed by atoms with van der Waals surface area (Å²) in [6, 6.07) is 23.8. The van der Waals surface area contributed by atoms with Crippen molar-refractivity contribution in [3.63, 3.8) is 0 Å². The van der Waals surface area contributed by atoms with E-state index >= 15 is 0 Å². The molecule has 3 heterocycles. The molecule has 6 rings (SSSR count). The fourth-order valence-electron chi connectivity index (χ4n) is 5.96. The lowest BCUT2D eigenvalue weighted by Gasteiger charge is -2.36. The summed E-state index contributed by atoms with van der Waals surface area (Å²) >= 11 is 0. The number of amides is 1. The van der Waals surface area contributed by atoms with E-state index in [9.17, 15) is 4.79 Å². The van der Waals surface area contributed by atoms with Gasteiger partial charge in [-0.1, -0.05) is 55.1 Å². The molecule has 0 bridgehead atoms. The Bertz CT molecular complexity index is 1730. The first-order valence-electron chi connectivity index (χ1n) is 16.1. The Labute approximate surface area is 281 Å². The number of hydrogen-bond acceptors (Lipinski definition) is 10. The van der Waals surface area contributed by atoms with Gasteiger partial charge in [0.15, 0.2) is 5.82 Å². The van der Waals surface area contributed by atoms with E-state index in [0.29, 0.717) is 42.0 Å².